The second-order valence-electron chi connectivity index (χ2n) is 3.95. The highest BCUT2D eigenvalue weighted by Crippen LogP contribution is 2.15. The zero-order chi connectivity index (χ0) is 14.5. The first-order valence-corrected chi connectivity index (χ1v) is 7.14. The number of aromatic nitrogens is 1. The lowest BCUT2D eigenvalue weighted by Crippen LogP contribution is -2.27. The molecule has 0 unspecified atom stereocenters. The van der Waals surface area contributed by atoms with E-state index in [-0.39, 0.29) is 4.90 Å². The molecule has 1 aromatic heterocycles. The molecule has 0 fully saturated rings. The molecule has 0 aliphatic rings. The van der Waals surface area contributed by atoms with E-state index in [0.29, 0.717) is 18.5 Å². The van der Waals surface area contributed by atoms with Gasteiger partial charge in [-0.1, -0.05) is 6.92 Å². The zero-order valence-electron chi connectivity index (χ0n) is 10.8. The lowest BCUT2D eigenvalue weighted by Gasteiger charge is -2.16. The average molecular weight is 284 g/mol. The molecule has 0 spiro atoms. The number of carbonyl (C=O) groups is 1. The van der Waals surface area contributed by atoms with Crippen molar-refractivity contribution in [1.29, 1.82) is 0 Å². The number of hydrogen-bond donors (Lipinski definition) is 1. The van der Waals surface area contributed by atoms with Gasteiger partial charge in [-0.25, -0.2) is 17.5 Å². The molecule has 0 saturated carbocycles. The van der Waals surface area contributed by atoms with E-state index in [0.717, 1.165) is 6.08 Å². The van der Waals surface area contributed by atoms with Crippen LogP contribution in [0.1, 0.15) is 18.9 Å². The summed E-state index contributed by atoms with van der Waals surface area (Å²) in [4.78, 5) is 14.3. The summed E-state index contributed by atoms with van der Waals surface area (Å²) in [5.74, 6) is -1.10. The quantitative estimate of drug-likeness (QED) is 0.793. The van der Waals surface area contributed by atoms with E-state index in [1.165, 1.54) is 35.9 Å². The van der Waals surface area contributed by atoms with Crippen LogP contribution in [0.15, 0.2) is 29.4 Å². The van der Waals surface area contributed by atoms with E-state index in [1.54, 1.807) is 0 Å². The molecule has 0 aromatic carbocycles. The molecule has 0 aliphatic carbocycles. The number of aliphatic carboxylic acids is 1. The fourth-order valence-electron chi connectivity index (χ4n) is 1.45. The summed E-state index contributed by atoms with van der Waals surface area (Å²) < 4.78 is 25.6. The molecule has 0 atom stereocenters. The molecule has 19 heavy (non-hydrogen) atoms. The minimum atomic E-state index is -3.57. The van der Waals surface area contributed by atoms with Crippen molar-refractivity contribution in [3.05, 3.63) is 30.1 Å². The summed E-state index contributed by atoms with van der Waals surface area (Å²) in [7, 11) is -2.07. The van der Waals surface area contributed by atoms with E-state index in [1.807, 2.05) is 6.92 Å². The maximum atomic E-state index is 12.2. The fraction of sp³-hybridized carbons (Fsp3) is 0.333. The minimum Gasteiger partial charge on any atom is -0.478 e. The third-order valence-corrected chi connectivity index (χ3v) is 4.22. The first-order chi connectivity index (χ1) is 8.87. The van der Waals surface area contributed by atoms with E-state index < -0.39 is 16.0 Å². The molecule has 1 heterocycles. The van der Waals surface area contributed by atoms with Gasteiger partial charge in [-0.05, 0) is 24.1 Å². The lowest BCUT2D eigenvalue weighted by molar-refractivity contribution is -0.131. The molecule has 0 bridgehead atoms. The Labute approximate surface area is 112 Å². The number of carboxylic acids is 1. The number of sulfonamides is 1. The normalized spacial score (nSPS) is 12.2. The van der Waals surface area contributed by atoms with Crippen LogP contribution in [0, 0.1) is 0 Å². The summed E-state index contributed by atoms with van der Waals surface area (Å²) in [5, 5.41) is 8.53. The standard InChI is InChI=1S/C12H16N2O4S/c1-3-6-14(2)19(17,18)11-7-10(8-13-9-11)4-5-12(15)16/h4-5,7-9H,3,6H2,1-2H3,(H,15,16). The van der Waals surface area contributed by atoms with E-state index in [9.17, 15) is 13.2 Å². The van der Waals surface area contributed by atoms with Crippen LogP contribution in [0.25, 0.3) is 6.08 Å². The van der Waals surface area contributed by atoms with Crippen molar-refractivity contribution in [3.8, 4) is 0 Å². The highest BCUT2D eigenvalue weighted by atomic mass is 32.2. The first-order valence-electron chi connectivity index (χ1n) is 5.70. The van der Waals surface area contributed by atoms with Crippen molar-refractivity contribution in [3.63, 3.8) is 0 Å². The van der Waals surface area contributed by atoms with Crippen LogP contribution in [0.4, 0.5) is 0 Å². The van der Waals surface area contributed by atoms with Gasteiger partial charge in [0.05, 0.1) is 0 Å². The molecule has 104 valence electrons. The van der Waals surface area contributed by atoms with Gasteiger partial charge in [0.15, 0.2) is 0 Å². The molecule has 1 N–H and O–H groups in total. The molecular formula is C12H16N2O4S. The topological polar surface area (TPSA) is 87.6 Å². The van der Waals surface area contributed by atoms with Crippen LogP contribution in [0.5, 0.6) is 0 Å². The Morgan fingerprint density at radius 1 is 1.47 bits per heavy atom. The van der Waals surface area contributed by atoms with Crippen molar-refractivity contribution in [2.45, 2.75) is 18.2 Å². The van der Waals surface area contributed by atoms with E-state index in [2.05, 4.69) is 4.98 Å². The first kappa shape index (κ1) is 15.3. The Morgan fingerprint density at radius 2 is 2.16 bits per heavy atom. The smallest absolute Gasteiger partial charge is 0.328 e. The van der Waals surface area contributed by atoms with Gasteiger partial charge in [0.25, 0.3) is 0 Å². The molecule has 0 amide bonds. The number of nitrogens with zero attached hydrogens (tertiary/aromatic N) is 2. The van der Waals surface area contributed by atoms with Crippen molar-refractivity contribution >= 4 is 22.1 Å². The summed E-state index contributed by atoms with van der Waals surface area (Å²) >= 11 is 0. The summed E-state index contributed by atoms with van der Waals surface area (Å²) in [6.07, 6.45) is 5.59. The molecule has 1 aromatic rings. The third-order valence-electron chi connectivity index (χ3n) is 2.40. The van der Waals surface area contributed by atoms with Gasteiger partial charge in [0, 0.05) is 32.1 Å². The van der Waals surface area contributed by atoms with Gasteiger partial charge in [0.1, 0.15) is 4.90 Å². The Balaban J connectivity index is 3.08. The van der Waals surface area contributed by atoms with Crippen molar-refractivity contribution in [2.24, 2.45) is 0 Å². The van der Waals surface area contributed by atoms with Gasteiger partial charge in [-0.2, -0.15) is 0 Å². The maximum absolute atomic E-state index is 12.2. The second-order valence-corrected chi connectivity index (χ2v) is 6.00. The number of carboxylic acid groups (broad SMARTS) is 1. The minimum absolute atomic E-state index is 0.0518. The van der Waals surface area contributed by atoms with Gasteiger partial charge in [0.2, 0.25) is 10.0 Å². The Kier molecular flexibility index (Phi) is 5.20. The Hall–Kier alpha value is -1.73. The van der Waals surface area contributed by atoms with Gasteiger partial charge < -0.3 is 5.11 Å². The molecule has 0 saturated heterocycles. The van der Waals surface area contributed by atoms with Crippen LogP contribution in [-0.2, 0) is 14.8 Å². The van der Waals surface area contributed by atoms with Crippen LogP contribution in [0.3, 0.4) is 0 Å². The van der Waals surface area contributed by atoms with Crippen molar-refractivity contribution < 1.29 is 18.3 Å². The third kappa shape index (κ3) is 4.15. The predicted octanol–water partition coefficient (Wildman–Crippen LogP) is 1.21. The van der Waals surface area contributed by atoms with Gasteiger partial charge in [-0.15, -0.1) is 0 Å². The van der Waals surface area contributed by atoms with Gasteiger partial charge in [-0.3, -0.25) is 4.98 Å². The van der Waals surface area contributed by atoms with Crippen LogP contribution in [-0.4, -0.2) is 42.4 Å². The number of hydrogen-bond acceptors (Lipinski definition) is 4. The fourth-order valence-corrected chi connectivity index (χ4v) is 2.71. The monoisotopic (exact) mass is 284 g/mol. The van der Waals surface area contributed by atoms with Crippen LogP contribution in [0.2, 0.25) is 0 Å². The highest BCUT2D eigenvalue weighted by molar-refractivity contribution is 7.89. The lowest BCUT2D eigenvalue weighted by atomic mass is 10.2. The Bertz CT molecular complexity index is 581. The van der Waals surface area contributed by atoms with Crippen LogP contribution >= 0.6 is 0 Å². The largest absolute Gasteiger partial charge is 0.478 e. The molecule has 1 rings (SSSR count). The molecular weight excluding hydrogens is 268 g/mol. The Morgan fingerprint density at radius 3 is 2.74 bits per heavy atom. The summed E-state index contributed by atoms with van der Waals surface area (Å²) in [6, 6.07) is 1.40. The molecule has 7 heteroatoms. The number of pyridine rings is 1. The van der Waals surface area contributed by atoms with E-state index >= 15 is 0 Å². The second kappa shape index (κ2) is 6.44. The molecule has 0 radical (unpaired) electrons. The molecule has 6 nitrogen and oxygen atoms in total. The summed E-state index contributed by atoms with van der Waals surface area (Å²) in [5.41, 5.74) is 0.424. The molecule has 0 aliphatic heterocycles. The number of rotatable bonds is 6. The maximum Gasteiger partial charge on any atom is 0.328 e. The zero-order valence-corrected chi connectivity index (χ0v) is 11.6. The van der Waals surface area contributed by atoms with Gasteiger partial charge >= 0.3 is 5.97 Å². The van der Waals surface area contributed by atoms with Crippen LogP contribution < -0.4 is 0 Å². The highest BCUT2D eigenvalue weighted by Gasteiger charge is 2.20. The summed E-state index contributed by atoms with van der Waals surface area (Å²) in [6.45, 7) is 2.30. The van der Waals surface area contributed by atoms with Crippen molar-refractivity contribution in [1.82, 2.24) is 9.29 Å². The average Bonchev–Trinajstić information content (AvgIpc) is 2.37. The van der Waals surface area contributed by atoms with Crippen molar-refractivity contribution in [2.75, 3.05) is 13.6 Å². The predicted molar refractivity (Wildman–Crippen MR) is 71.0 cm³/mol. The SMILES string of the molecule is CCCN(C)S(=O)(=O)c1cncc(C=CC(=O)O)c1. The van der Waals surface area contributed by atoms with E-state index in [4.69, 9.17) is 5.11 Å².